The Balaban J connectivity index is 1.75. The zero-order valence-corrected chi connectivity index (χ0v) is 16.8. The van der Waals surface area contributed by atoms with E-state index < -0.39 is 0 Å². The van der Waals surface area contributed by atoms with Crippen LogP contribution in [0.4, 0.5) is 0 Å². The lowest BCUT2D eigenvalue weighted by Crippen LogP contribution is -1.94. The van der Waals surface area contributed by atoms with E-state index >= 15 is 0 Å². The van der Waals surface area contributed by atoms with Crippen molar-refractivity contribution in [1.29, 1.82) is 5.26 Å². The van der Waals surface area contributed by atoms with E-state index in [0.29, 0.717) is 5.56 Å². The predicted octanol–water partition coefficient (Wildman–Crippen LogP) is 6.61. The average Bonchev–Trinajstić information content (AvgIpc) is 3.25. The monoisotopic (exact) mass is 385 g/mol. The molecule has 4 aromatic carbocycles. The number of nitrogens with zero attached hydrogens (tertiary/aromatic N) is 3. The van der Waals surface area contributed by atoms with Gasteiger partial charge in [-0.15, -0.1) is 0 Å². The minimum atomic E-state index is 0.688. The Morgan fingerprint density at radius 1 is 0.667 bits per heavy atom. The minimum Gasteiger partial charge on any atom is -0.344 e. The van der Waals surface area contributed by atoms with Gasteiger partial charge in [0.05, 0.1) is 22.7 Å². The van der Waals surface area contributed by atoms with Gasteiger partial charge in [-0.2, -0.15) is 5.26 Å². The van der Waals surface area contributed by atoms with Crippen LogP contribution in [0.3, 0.4) is 0 Å². The van der Waals surface area contributed by atoms with Crippen LogP contribution < -0.4 is 0 Å². The molecule has 2 heterocycles. The first-order chi connectivity index (χ1) is 14.7. The Bertz CT molecular complexity index is 1670. The normalized spacial score (nSPS) is 11.6. The number of rotatable bonds is 1. The zero-order chi connectivity index (χ0) is 20.4. The third kappa shape index (κ3) is 2.19. The van der Waals surface area contributed by atoms with Gasteiger partial charge in [0.1, 0.15) is 0 Å². The molecule has 0 unspecified atom stereocenters. The summed E-state index contributed by atoms with van der Waals surface area (Å²) in [6.45, 7) is 2.11. The maximum Gasteiger partial charge on any atom is 0.0991 e. The van der Waals surface area contributed by atoms with E-state index in [0.717, 1.165) is 22.1 Å². The number of para-hydroxylation sites is 1. The van der Waals surface area contributed by atoms with Crippen molar-refractivity contribution in [1.82, 2.24) is 9.13 Å². The number of hydrogen-bond acceptors (Lipinski definition) is 1. The van der Waals surface area contributed by atoms with Gasteiger partial charge in [0.2, 0.25) is 0 Å². The van der Waals surface area contributed by atoms with E-state index in [1.807, 2.05) is 12.1 Å². The van der Waals surface area contributed by atoms with Crippen LogP contribution in [0.15, 0.2) is 78.9 Å². The fraction of sp³-hybridized carbons (Fsp3) is 0.0741. The van der Waals surface area contributed by atoms with E-state index in [1.54, 1.807) is 0 Å². The lowest BCUT2D eigenvalue weighted by molar-refractivity contribution is 1.01. The van der Waals surface area contributed by atoms with E-state index in [1.165, 1.54) is 32.8 Å². The molecule has 2 aromatic heterocycles. The van der Waals surface area contributed by atoms with E-state index in [9.17, 15) is 5.26 Å². The maximum absolute atomic E-state index is 9.41. The van der Waals surface area contributed by atoms with Gasteiger partial charge in [-0.3, -0.25) is 0 Å². The van der Waals surface area contributed by atoms with Crippen molar-refractivity contribution >= 4 is 43.6 Å². The number of aryl methyl sites for hydroxylation is 2. The van der Waals surface area contributed by atoms with Gasteiger partial charge in [-0.25, -0.2) is 0 Å². The fourth-order valence-electron chi connectivity index (χ4n) is 4.78. The summed E-state index contributed by atoms with van der Waals surface area (Å²) in [4.78, 5) is 0. The van der Waals surface area contributed by atoms with Gasteiger partial charge in [-0.05, 0) is 61.5 Å². The molecule has 0 atom stereocenters. The minimum absolute atomic E-state index is 0.688. The van der Waals surface area contributed by atoms with Gasteiger partial charge >= 0.3 is 0 Å². The van der Waals surface area contributed by atoms with Gasteiger partial charge in [0.25, 0.3) is 0 Å². The molecule has 142 valence electrons. The number of aromatic nitrogens is 2. The molecule has 0 amide bonds. The van der Waals surface area contributed by atoms with E-state index in [-0.39, 0.29) is 0 Å². The second-order valence-electron chi connectivity index (χ2n) is 7.98. The Kier molecular flexibility index (Phi) is 3.37. The number of nitriles is 1. The SMILES string of the molecule is Cc1ccc2c(c1)c1cc(C#N)ccc1n2-c1ccc2c(c1)c1ccccc1n2C. The van der Waals surface area contributed by atoms with Gasteiger partial charge < -0.3 is 9.13 Å². The summed E-state index contributed by atoms with van der Waals surface area (Å²) in [5, 5.41) is 14.2. The van der Waals surface area contributed by atoms with Crippen molar-refractivity contribution in [3.63, 3.8) is 0 Å². The Hall–Kier alpha value is -4.03. The summed E-state index contributed by atoms with van der Waals surface area (Å²) in [5.41, 5.74) is 7.78. The molecule has 0 bridgehead atoms. The zero-order valence-electron chi connectivity index (χ0n) is 16.8. The molecule has 6 rings (SSSR count). The van der Waals surface area contributed by atoms with Crippen LogP contribution in [0.2, 0.25) is 0 Å². The molecule has 0 aliphatic carbocycles. The number of benzene rings is 4. The third-order valence-corrected chi connectivity index (χ3v) is 6.20. The molecule has 0 saturated carbocycles. The molecule has 30 heavy (non-hydrogen) atoms. The summed E-state index contributed by atoms with van der Waals surface area (Å²) < 4.78 is 4.56. The molecular formula is C27H19N3. The Morgan fingerprint density at radius 3 is 2.17 bits per heavy atom. The van der Waals surface area contributed by atoms with Crippen LogP contribution in [0.1, 0.15) is 11.1 Å². The molecule has 0 fully saturated rings. The van der Waals surface area contributed by atoms with Crippen molar-refractivity contribution in [2.75, 3.05) is 0 Å². The highest BCUT2D eigenvalue weighted by Crippen LogP contribution is 2.35. The van der Waals surface area contributed by atoms with E-state index in [2.05, 4.69) is 95.9 Å². The highest BCUT2D eigenvalue weighted by Gasteiger charge is 2.15. The van der Waals surface area contributed by atoms with Gasteiger partial charge in [0.15, 0.2) is 0 Å². The topological polar surface area (TPSA) is 33.6 Å². The molecule has 0 aliphatic rings. The van der Waals surface area contributed by atoms with Crippen LogP contribution >= 0.6 is 0 Å². The molecule has 3 heteroatoms. The molecule has 0 N–H and O–H groups in total. The molecule has 0 spiro atoms. The van der Waals surface area contributed by atoms with Crippen molar-refractivity contribution < 1.29 is 0 Å². The highest BCUT2D eigenvalue weighted by atomic mass is 15.0. The standard InChI is InChI=1S/C27H19N3/c1-17-7-10-26-21(13-17)22-14-18(16-28)8-11-27(22)30(26)19-9-12-25-23(15-19)20-5-3-4-6-24(20)29(25)2/h3-15H,1-2H3. The molecule has 0 radical (unpaired) electrons. The largest absolute Gasteiger partial charge is 0.344 e. The third-order valence-electron chi connectivity index (χ3n) is 6.20. The van der Waals surface area contributed by atoms with Crippen molar-refractivity contribution in [3.05, 3.63) is 90.0 Å². The quantitative estimate of drug-likeness (QED) is 0.313. The Morgan fingerprint density at radius 2 is 1.33 bits per heavy atom. The summed E-state index contributed by atoms with van der Waals surface area (Å²) in [6, 6.07) is 30.0. The summed E-state index contributed by atoms with van der Waals surface area (Å²) in [5.74, 6) is 0. The van der Waals surface area contributed by atoms with Crippen LogP contribution in [0.5, 0.6) is 0 Å². The van der Waals surface area contributed by atoms with Crippen LogP contribution in [0, 0.1) is 18.3 Å². The molecule has 0 aliphatic heterocycles. The maximum atomic E-state index is 9.41. The number of fused-ring (bicyclic) bond motifs is 6. The lowest BCUT2D eigenvalue weighted by Gasteiger charge is -2.09. The van der Waals surface area contributed by atoms with Gasteiger partial charge in [0, 0.05) is 45.3 Å². The smallest absolute Gasteiger partial charge is 0.0991 e. The lowest BCUT2D eigenvalue weighted by atomic mass is 10.1. The first-order valence-electron chi connectivity index (χ1n) is 10.1. The molecule has 6 aromatic rings. The van der Waals surface area contributed by atoms with Gasteiger partial charge in [-0.1, -0.05) is 29.8 Å². The van der Waals surface area contributed by atoms with Crippen molar-refractivity contribution in [2.24, 2.45) is 7.05 Å². The van der Waals surface area contributed by atoms with Crippen molar-refractivity contribution in [2.45, 2.75) is 6.92 Å². The summed E-state index contributed by atoms with van der Waals surface area (Å²) >= 11 is 0. The first-order valence-corrected chi connectivity index (χ1v) is 10.1. The van der Waals surface area contributed by atoms with Crippen LogP contribution in [0.25, 0.3) is 49.3 Å². The highest BCUT2D eigenvalue weighted by molar-refractivity contribution is 6.11. The predicted molar refractivity (Wildman–Crippen MR) is 124 cm³/mol. The Labute approximate surface area is 174 Å². The first kappa shape index (κ1) is 16.9. The molecular weight excluding hydrogens is 366 g/mol. The van der Waals surface area contributed by atoms with Crippen LogP contribution in [-0.2, 0) is 7.05 Å². The second kappa shape index (κ2) is 5.98. The molecule has 0 saturated heterocycles. The second-order valence-corrected chi connectivity index (χ2v) is 7.98. The molecule has 3 nitrogen and oxygen atoms in total. The summed E-state index contributed by atoms with van der Waals surface area (Å²) in [7, 11) is 2.12. The van der Waals surface area contributed by atoms with E-state index in [4.69, 9.17) is 0 Å². The van der Waals surface area contributed by atoms with Crippen LogP contribution in [-0.4, -0.2) is 9.13 Å². The summed E-state index contributed by atoms with van der Waals surface area (Å²) in [6.07, 6.45) is 0. The van der Waals surface area contributed by atoms with Crippen molar-refractivity contribution in [3.8, 4) is 11.8 Å². The average molecular weight is 385 g/mol. The number of hydrogen-bond donors (Lipinski definition) is 0. The fourth-order valence-corrected chi connectivity index (χ4v) is 4.78.